The molecular formula is C16H23ClN2O2. The van der Waals surface area contributed by atoms with Gasteiger partial charge >= 0.3 is 0 Å². The lowest BCUT2D eigenvalue weighted by Crippen LogP contribution is -2.31. The van der Waals surface area contributed by atoms with Crippen LogP contribution in [0.15, 0.2) is 12.1 Å². The molecule has 1 aromatic carbocycles. The van der Waals surface area contributed by atoms with E-state index in [4.69, 9.17) is 16.3 Å². The number of anilines is 1. The lowest BCUT2D eigenvalue weighted by atomic mass is 9.93. The number of benzene rings is 1. The molecule has 4 nitrogen and oxygen atoms in total. The number of likely N-dealkylation sites (tertiary alicyclic amines) is 1. The van der Waals surface area contributed by atoms with Crippen molar-refractivity contribution in [3.8, 4) is 5.75 Å². The first-order valence-corrected chi connectivity index (χ1v) is 7.70. The van der Waals surface area contributed by atoms with E-state index in [1.54, 1.807) is 13.2 Å². The predicted molar refractivity (Wildman–Crippen MR) is 86.2 cm³/mol. The number of nitrogens with zero attached hydrogens (tertiary/aromatic N) is 1. The zero-order valence-electron chi connectivity index (χ0n) is 12.9. The second-order valence-corrected chi connectivity index (χ2v) is 6.21. The molecule has 0 radical (unpaired) electrons. The number of aryl methyl sites for hydroxylation is 1. The lowest BCUT2D eigenvalue weighted by molar-refractivity contribution is -0.117. The highest BCUT2D eigenvalue weighted by Gasteiger charge is 2.20. The van der Waals surface area contributed by atoms with E-state index in [9.17, 15) is 4.79 Å². The van der Waals surface area contributed by atoms with Gasteiger partial charge in [0.15, 0.2) is 0 Å². The molecule has 0 aliphatic carbocycles. The first-order chi connectivity index (χ1) is 9.99. The second kappa shape index (κ2) is 7.14. The van der Waals surface area contributed by atoms with Gasteiger partial charge in [-0.3, -0.25) is 4.79 Å². The first-order valence-electron chi connectivity index (χ1n) is 7.32. The van der Waals surface area contributed by atoms with Crippen LogP contribution in [0.4, 0.5) is 5.69 Å². The molecule has 0 unspecified atom stereocenters. The second-order valence-electron chi connectivity index (χ2n) is 5.80. The van der Waals surface area contributed by atoms with Crippen LogP contribution in [0.5, 0.6) is 5.75 Å². The van der Waals surface area contributed by atoms with Crippen molar-refractivity contribution in [3.63, 3.8) is 0 Å². The number of nitrogens with one attached hydrogen (secondary N) is 1. The molecule has 1 amide bonds. The minimum Gasteiger partial charge on any atom is -0.495 e. The summed E-state index contributed by atoms with van der Waals surface area (Å²) in [5.41, 5.74) is 1.62. The Labute approximate surface area is 131 Å². The van der Waals surface area contributed by atoms with E-state index >= 15 is 0 Å². The van der Waals surface area contributed by atoms with Crippen LogP contribution in [0.2, 0.25) is 5.02 Å². The number of hydrogen-bond acceptors (Lipinski definition) is 3. The van der Waals surface area contributed by atoms with Crippen LogP contribution < -0.4 is 10.1 Å². The van der Waals surface area contributed by atoms with Crippen molar-refractivity contribution < 1.29 is 9.53 Å². The van der Waals surface area contributed by atoms with Crippen molar-refractivity contribution in [2.75, 3.05) is 32.6 Å². The molecular weight excluding hydrogens is 288 g/mol. The summed E-state index contributed by atoms with van der Waals surface area (Å²) in [5.74, 6) is 1.12. The fourth-order valence-electron chi connectivity index (χ4n) is 2.66. The van der Waals surface area contributed by atoms with E-state index in [0.717, 1.165) is 31.5 Å². The van der Waals surface area contributed by atoms with Crippen LogP contribution in [-0.2, 0) is 4.79 Å². The standard InChI is InChI=1S/C16H23ClN2O2/c1-11-8-14(15(21-3)10-13(11)17)18-16(20)9-12-4-6-19(2)7-5-12/h8,10,12H,4-7,9H2,1-3H3,(H,18,20). The van der Waals surface area contributed by atoms with Crippen LogP contribution in [0.25, 0.3) is 0 Å². The van der Waals surface area contributed by atoms with Crippen molar-refractivity contribution >= 4 is 23.2 Å². The van der Waals surface area contributed by atoms with Gasteiger partial charge in [-0.25, -0.2) is 0 Å². The topological polar surface area (TPSA) is 41.6 Å². The normalized spacial score (nSPS) is 16.8. The molecule has 116 valence electrons. The van der Waals surface area contributed by atoms with Gasteiger partial charge in [-0.05, 0) is 57.5 Å². The number of methoxy groups -OCH3 is 1. The summed E-state index contributed by atoms with van der Waals surface area (Å²) < 4.78 is 5.28. The molecule has 1 aromatic rings. The van der Waals surface area contributed by atoms with Crippen LogP contribution in [0, 0.1) is 12.8 Å². The number of rotatable bonds is 4. The minimum atomic E-state index is 0.0459. The van der Waals surface area contributed by atoms with Gasteiger partial charge in [-0.2, -0.15) is 0 Å². The van der Waals surface area contributed by atoms with Crippen molar-refractivity contribution in [2.45, 2.75) is 26.2 Å². The molecule has 1 heterocycles. The largest absolute Gasteiger partial charge is 0.495 e. The van der Waals surface area contributed by atoms with E-state index < -0.39 is 0 Å². The summed E-state index contributed by atoms with van der Waals surface area (Å²) in [4.78, 5) is 14.5. The fourth-order valence-corrected chi connectivity index (χ4v) is 2.81. The maximum Gasteiger partial charge on any atom is 0.224 e. The number of piperidine rings is 1. The molecule has 1 saturated heterocycles. The lowest BCUT2D eigenvalue weighted by Gasteiger charge is -2.28. The third-order valence-electron chi connectivity index (χ3n) is 4.07. The van der Waals surface area contributed by atoms with E-state index in [1.165, 1.54) is 0 Å². The van der Waals surface area contributed by atoms with Gasteiger partial charge in [0.05, 0.1) is 12.8 Å². The zero-order valence-corrected chi connectivity index (χ0v) is 13.7. The molecule has 1 N–H and O–H groups in total. The molecule has 21 heavy (non-hydrogen) atoms. The van der Waals surface area contributed by atoms with E-state index in [0.29, 0.717) is 28.8 Å². The van der Waals surface area contributed by atoms with Crippen molar-refractivity contribution in [1.82, 2.24) is 4.90 Å². The number of amides is 1. The molecule has 0 atom stereocenters. The van der Waals surface area contributed by atoms with Gasteiger partial charge in [0, 0.05) is 17.5 Å². The Hall–Kier alpha value is -1.26. The van der Waals surface area contributed by atoms with Crippen molar-refractivity contribution in [2.24, 2.45) is 5.92 Å². The third kappa shape index (κ3) is 4.35. The van der Waals surface area contributed by atoms with Gasteiger partial charge in [0.1, 0.15) is 5.75 Å². The number of ether oxygens (including phenoxy) is 1. The van der Waals surface area contributed by atoms with Crippen LogP contribution in [-0.4, -0.2) is 38.1 Å². The third-order valence-corrected chi connectivity index (χ3v) is 4.47. The summed E-state index contributed by atoms with van der Waals surface area (Å²) in [6.07, 6.45) is 2.74. The van der Waals surface area contributed by atoms with Crippen LogP contribution >= 0.6 is 11.6 Å². The van der Waals surface area contributed by atoms with Gasteiger partial charge in [0.25, 0.3) is 0 Å². The van der Waals surface area contributed by atoms with Crippen molar-refractivity contribution in [1.29, 1.82) is 0 Å². The number of hydrogen-bond donors (Lipinski definition) is 1. The van der Waals surface area contributed by atoms with Gasteiger partial charge in [-0.15, -0.1) is 0 Å². The molecule has 5 heteroatoms. The molecule has 0 aromatic heterocycles. The maximum absolute atomic E-state index is 12.2. The summed E-state index contributed by atoms with van der Waals surface area (Å²) in [7, 11) is 3.70. The Bertz CT molecular complexity index is 511. The van der Waals surface area contributed by atoms with Gasteiger partial charge in [-0.1, -0.05) is 11.6 Å². The molecule has 2 rings (SSSR count). The number of carbonyl (C=O) groups excluding carboxylic acids is 1. The Balaban J connectivity index is 1.98. The Morgan fingerprint density at radius 2 is 2.10 bits per heavy atom. The molecule has 0 spiro atoms. The average Bonchev–Trinajstić information content (AvgIpc) is 2.45. The Morgan fingerprint density at radius 1 is 1.43 bits per heavy atom. The molecule has 0 saturated carbocycles. The molecule has 1 aliphatic rings. The van der Waals surface area contributed by atoms with E-state index in [1.807, 2.05) is 13.0 Å². The highest BCUT2D eigenvalue weighted by atomic mass is 35.5. The summed E-state index contributed by atoms with van der Waals surface area (Å²) in [5, 5.41) is 3.59. The Morgan fingerprint density at radius 3 is 2.71 bits per heavy atom. The zero-order chi connectivity index (χ0) is 15.4. The SMILES string of the molecule is COc1cc(Cl)c(C)cc1NC(=O)CC1CCN(C)CC1. The molecule has 1 fully saturated rings. The smallest absolute Gasteiger partial charge is 0.224 e. The highest BCUT2D eigenvalue weighted by molar-refractivity contribution is 6.31. The van der Waals surface area contributed by atoms with Gasteiger partial charge in [0.2, 0.25) is 5.91 Å². The summed E-state index contributed by atoms with van der Waals surface area (Å²) >= 11 is 6.07. The minimum absolute atomic E-state index is 0.0459. The average molecular weight is 311 g/mol. The number of carbonyl (C=O) groups is 1. The quantitative estimate of drug-likeness (QED) is 0.927. The highest BCUT2D eigenvalue weighted by Crippen LogP contribution is 2.31. The predicted octanol–water partition coefficient (Wildman–Crippen LogP) is 3.33. The van der Waals surface area contributed by atoms with Crippen LogP contribution in [0.1, 0.15) is 24.8 Å². The first kappa shape index (κ1) is 16.1. The Kier molecular flexibility index (Phi) is 5.48. The fraction of sp³-hybridized carbons (Fsp3) is 0.562. The molecule has 0 bridgehead atoms. The van der Waals surface area contributed by atoms with E-state index in [-0.39, 0.29) is 5.91 Å². The van der Waals surface area contributed by atoms with Gasteiger partial charge < -0.3 is 15.0 Å². The van der Waals surface area contributed by atoms with Crippen molar-refractivity contribution in [3.05, 3.63) is 22.7 Å². The summed E-state index contributed by atoms with van der Waals surface area (Å²) in [6, 6.07) is 3.59. The van der Waals surface area contributed by atoms with E-state index in [2.05, 4.69) is 17.3 Å². The molecule has 1 aliphatic heterocycles. The number of halogens is 1. The monoisotopic (exact) mass is 310 g/mol. The maximum atomic E-state index is 12.2. The summed E-state index contributed by atoms with van der Waals surface area (Å²) in [6.45, 7) is 4.05. The van der Waals surface area contributed by atoms with Crippen LogP contribution in [0.3, 0.4) is 0 Å².